The van der Waals surface area contributed by atoms with Gasteiger partial charge in [-0.05, 0) is 31.5 Å². The van der Waals surface area contributed by atoms with E-state index in [1.165, 1.54) is 6.07 Å². The van der Waals surface area contributed by atoms with Gasteiger partial charge in [-0.2, -0.15) is 0 Å². The van der Waals surface area contributed by atoms with Crippen molar-refractivity contribution in [2.75, 3.05) is 18.0 Å². The lowest BCUT2D eigenvalue weighted by atomic mass is 10.1. The fourth-order valence-electron chi connectivity index (χ4n) is 2.15. The third-order valence-electron chi connectivity index (χ3n) is 2.89. The van der Waals surface area contributed by atoms with Crippen molar-refractivity contribution in [3.63, 3.8) is 0 Å². The third-order valence-corrected chi connectivity index (χ3v) is 2.89. The molecule has 1 N–H and O–H groups in total. The number of nitrogens with zero attached hydrogens (tertiary/aromatic N) is 1. The van der Waals surface area contributed by atoms with Crippen molar-refractivity contribution in [3.05, 3.63) is 29.1 Å². The van der Waals surface area contributed by atoms with Gasteiger partial charge in [-0.25, -0.2) is 4.39 Å². The number of hydrogen-bond donors (Lipinski definition) is 1. The van der Waals surface area contributed by atoms with Crippen molar-refractivity contribution in [3.8, 4) is 0 Å². The summed E-state index contributed by atoms with van der Waals surface area (Å²) in [5.74, 6) is -2.51. The average molecular weight is 264 g/mol. The maximum atomic E-state index is 13.3. The molecular formula is C13H13FN2O3. The van der Waals surface area contributed by atoms with Gasteiger partial charge in [0.2, 0.25) is 5.91 Å². The number of nitrogens with one attached hydrogen (secondary N) is 1. The molecule has 5 nitrogen and oxygen atoms in total. The number of hydrogen-bond acceptors (Lipinski definition) is 3. The third kappa shape index (κ3) is 2.21. The number of fused-ring (bicyclic) bond motifs is 1. The number of likely N-dealkylation sites (N-methyl/N-ethyl adjacent to an activating group) is 1. The van der Waals surface area contributed by atoms with Crippen LogP contribution in [0.1, 0.15) is 22.8 Å². The van der Waals surface area contributed by atoms with E-state index >= 15 is 0 Å². The number of amides is 2. The van der Waals surface area contributed by atoms with Crippen LogP contribution in [0.5, 0.6) is 0 Å². The van der Waals surface area contributed by atoms with E-state index < -0.39 is 17.5 Å². The lowest BCUT2D eigenvalue weighted by Crippen LogP contribution is -2.40. The fourth-order valence-corrected chi connectivity index (χ4v) is 2.15. The molecule has 0 unspecified atom stereocenters. The molecule has 0 fully saturated rings. The van der Waals surface area contributed by atoms with E-state index in [9.17, 15) is 18.8 Å². The molecule has 1 aromatic rings. The maximum absolute atomic E-state index is 13.3. The van der Waals surface area contributed by atoms with Gasteiger partial charge in [-0.15, -0.1) is 0 Å². The zero-order valence-corrected chi connectivity index (χ0v) is 10.6. The standard InChI is InChI=1S/C13H13FN2O3/c1-3-15-10(17)6-16-11-7(2)4-8(14)5-9(11)12(18)13(16)19/h4-5H,3,6H2,1-2H3,(H,15,17). The van der Waals surface area contributed by atoms with E-state index in [2.05, 4.69) is 5.32 Å². The van der Waals surface area contributed by atoms with E-state index in [0.29, 0.717) is 17.8 Å². The minimum atomic E-state index is -0.796. The first-order chi connectivity index (χ1) is 8.95. The summed E-state index contributed by atoms with van der Waals surface area (Å²) in [4.78, 5) is 36.2. The highest BCUT2D eigenvalue weighted by Gasteiger charge is 2.38. The highest BCUT2D eigenvalue weighted by Crippen LogP contribution is 2.32. The first kappa shape index (κ1) is 13.2. The highest BCUT2D eigenvalue weighted by molar-refractivity contribution is 6.52. The monoisotopic (exact) mass is 264 g/mol. The Morgan fingerprint density at radius 2 is 2.05 bits per heavy atom. The zero-order valence-electron chi connectivity index (χ0n) is 10.6. The molecule has 0 spiro atoms. The fraction of sp³-hybridized carbons (Fsp3) is 0.308. The van der Waals surface area contributed by atoms with Crippen LogP contribution >= 0.6 is 0 Å². The number of halogens is 1. The van der Waals surface area contributed by atoms with Crippen molar-refractivity contribution >= 4 is 23.3 Å². The van der Waals surface area contributed by atoms with Crippen molar-refractivity contribution in [1.29, 1.82) is 0 Å². The molecular weight excluding hydrogens is 251 g/mol. The first-order valence-electron chi connectivity index (χ1n) is 5.88. The lowest BCUT2D eigenvalue weighted by Gasteiger charge is -2.17. The van der Waals surface area contributed by atoms with E-state index in [-0.39, 0.29) is 18.0 Å². The van der Waals surface area contributed by atoms with Gasteiger partial charge in [0.15, 0.2) is 0 Å². The molecule has 0 aromatic heterocycles. The first-order valence-corrected chi connectivity index (χ1v) is 5.88. The maximum Gasteiger partial charge on any atom is 0.299 e. The molecule has 2 rings (SSSR count). The molecule has 0 radical (unpaired) electrons. The molecule has 100 valence electrons. The largest absolute Gasteiger partial charge is 0.355 e. The molecule has 6 heteroatoms. The number of ketones is 1. The second-order valence-corrected chi connectivity index (χ2v) is 4.29. The van der Waals surface area contributed by atoms with Crippen LogP contribution in [0.2, 0.25) is 0 Å². The lowest BCUT2D eigenvalue weighted by molar-refractivity contribution is -0.122. The van der Waals surface area contributed by atoms with E-state index in [0.717, 1.165) is 11.0 Å². The average Bonchev–Trinajstić information content (AvgIpc) is 2.55. The van der Waals surface area contributed by atoms with Gasteiger partial charge in [0.05, 0.1) is 11.3 Å². The Kier molecular flexibility index (Phi) is 3.33. The molecule has 1 heterocycles. The Morgan fingerprint density at radius 3 is 2.68 bits per heavy atom. The Balaban J connectivity index is 2.41. The van der Waals surface area contributed by atoms with Crippen molar-refractivity contribution in [2.45, 2.75) is 13.8 Å². The minimum Gasteiger partial charge on any atom is -0.355 e. The van der Waals surface area contributed by atoms with Crippen LogP contribution in [0, 0.1) is 12.7 Å². The summed E-state index contributed by atoms with van der Waals surface area (Å²) in [6.07, 6.45) is 0. The van der Waals surface area contributed by atoms with Crippen LogP contribution < -0.4 is 10.2 Å². The molecule has 0 aliphatic carbocycles. The molecule has 19 heavy (non-hydrogen) atoms. The summed E-state index contributed by atoms with van der Waals surface area (Å²) in [7, 11) is 0. The second kappa shape index (κ2) is 4.79. The van der Waals surface area contributed by atoms with Crippen molar-refractivity contribution in [1.82, 2.24) is 5.32 Å². The normalized spacial score (nSPS) is 13.7. The predicted octanol–water partition coefficient (Wildman–Crippen LogP) is 0.800. The van der Waals surface area contributed by atoms with Crippen molar-refractivity contribution in [2.24, 2.45) is 0 Å². The Bertz CT molecular complexity index is 583. The quantitative estimate of drug-likeness (QED) is 0.821. The van der Waals surface area contributed by atoms with E-state index in [1.807, 2.05) is 0 Å². The number of benzene rings is 1. The van der Waals surface area contributed by atoms with Gasteiger partial charge < -0.3 is 5.32 Å². The van der Waals surface area contributed by atoms with E-state index in [4.69, 9.17) is 0 Å². The molecule has 0 atom stereocenters. The predicted molar refractivity (Wildman–Crippen MR) is 66.5 cm³/mol. The SMILES string of the molecule is CCNC(=O)CN1C(=O)C(=O)c2cc(F)cc(C)c21. The smallest absolute Gasteiger partial charge is 0.299 e. The van der Waals surface area contributed by atoms with Crippen LogP contribution in [0.25, 0.3) is 0 Å². The molecule has 1 aliphatic rings. The highest BCUT2D eigenvalue weighted by atomic mass is 19.1. The molecule has 0 saturated carbocycles. The van der Waals surface area contributed by atoms with Crippen molar-refractivity contribution < 1.29 is 18.8 Å². The van der Waals surface area contributed by atoms with Gasteiger partial charge in [0.25, 0.3) is 11.7 Å². The van der Waals surface area contributed by atoms with Gasteiger partial charge in [-0.3, -0.25) is 19.3 Å². The Hall–Kier alpha value is -2.24. The Labute approximate surface area is 109 Å². The summed E-state index contributed by atoms with van der Waals surface area (Å²) in [6.45, 7) is 3.55. The number of rotatable bonds is 3. The summed E-state index contributed by atoms with van der Waals surface area (Å²) in [5, 5.41) is 2.55. The summed E-state index contributed by atoms with van der Waals surface area (Å²) >= 11 is 0. The number of Topliss-reactive ketones (excluding diaryl/α,β-unsaturated/α-hetero) is 1. The molecule has 1 aromatic carbocycles. The summed E-state index contributed by atoms with van der Waals surface area (Å²) in [6, 6.07) is 2.26. The summed E-state index contributed by atoms with van der Waals surface area (Å²) < 4.78 is 13.3. The number of aryl methyl sites for hydroxylation is 1. The van der Waals surface area contributed by atoms with Crippen LogP contribution in [0.15, 0.2) is 12.1 Å². The number of carbonyl (C=O) groups is 3. The number of carbonyl (C=O) groups excluding carboxylic acids is 3. The van der Waals surface area contributed by atoms with Crippen LogP contribution in [0.3, 0.4) is 0 Å². The zero-order chi connectivity index (χ0) is 14.2. The van der Waals surface area contributed by atoms with Crippen LogP contribution in [0.4, 0.5) is 10.1 Å². The van der Waals surface area contributed by atoms with Gasteiger partial charge >= 0.3 is 0 Å². The van der Waals surface area contributed by atoms with Gasteiger partial charge in [-0.1, -0.05) is 0 Å². The van der Waals surface area contributed by atoms with Gasteiger partial charge in [0, 0.05) is 6.54 Å². The number of anilines is 1. The van der Waals surface area contributed by atoms with E-state index in [1.54, 1.807) is 13.8 Å². The topological polar surface area (TPSA) is 66.5 Å². The molecule has 0 bridgehead atoms. The molecule has 0 saturated heterocycles. The van der Waals surface area contributed by atoms with Crippen LogP contribution in [-0.2, 0) is 9.59 Å². The second-order valence-electron chi connectivity index (χ2n) is 4.29. The molecule has 2 amide bonds. The van der Waals surface area contributed by atoms with Gasteiger partial charge in [0.1, 0.15) is 12.4 Å². The minimum absolute atomic E-state index is 0.0202. The summed E-state index contributed by atoms with van der Waals surface area (Å²) in [5.41, 5.74) is 0.799. The Morgan fingerprint density at radius 1 is 1.37 bits per heavy atom. The van der Waals surface area contributed by atoms with Crippen LogP contribution in [-0.4, -0.2) is 30.7 Å². The molecule has 1 aliphatic heterocycles.